The van der Waals surface area contributed by atoms with Gasteiger partial charge < -0.3 is 44.4 Å². The molecule has 9 rings (SSSR count). The minimum absolute atomic E-state index is 0.00540. The summed E-state index contributed by atoms with van der Waals surface area (Å²) in [6, 6.07) is 9.12. The summed E-state index contributed by atoms with van der Waals surface area (Å²) in [5.74, 6) is 1.23. The number of H-pyrrole nitrogens is 1. The lowest BCUT2D eigenvalue weighted by atomic mass is 9.83. The van der Waals surface area contributed by atoms with E-state index in [0.717, 1.165) is 95.9 Å². The Morgan fingerprint density at radius 1 is 0.833 bits per heavy atom. The molecule has 0 unspecified atom stereocenters. The lowest BCUT2D eigenvalue weighted by molar-refractivity contribution is -0.139. The number of fused-ring (bicyclic) bond motifs is 5. The van der Waals surface area contributed by atoms with E-state index in [1.54, 1.807) is 0 Å². The smallest absolute Gasteiger partial charge is 0.407 e. The molecule has 3 fully saturated rings. The van der Waals surface area contributed by atoms with E-state index < -0.39 is 24.3 Å². The molecule has 0 radical (unpaired) electrons. The number of aryl methyl sites for hydroxylation is 1. The van der Waals surface area contributed by atoms with Crippen molar-refractivity contribution in [2.24, 2.45) is 16.8 Å². The number of hydrogen-bond acceptors (Lipinski definition) is 10. The zero-order chi connectivity index (χ0) is 46.6. The van der Waals surface area contributed by atoms with Gasteiger partial charge in [0.1, 0.15) is 30.3 Å². The first-order valence-electron chi connectivity index (χ1n) is 24.0. The largest absolute Gasteiger partial charge is 0.488 e. The Labute approximate surface area is 387 Å². The Bertz CT molecular complexity index is 2450. The number of nitrogens with one attached hydrogen (secondary N) is 3. The summed E-state index contributed by atoms with van der Waals surface area (Å²) in [6.45, 7) is 12.6. The number of alkyl carbamates (subject to hydrolysis) is 2. The zero-order valence-electron chi connectivity index (χ0n) is 39.6. The van der Waals surface area contributed by atoms with E-state index >= 15 is 0 Å². The average Bonchev–Trinajstić information content (AvgIpc) is 4.14. The summed E-state index contributed by atoms with van der Waals surface area (Å²) < 4.78 is 22.4. The number of methoxy groups -OCH3 is 2. The van der Waals surface area contributed by atoms with Gasteiger partial charge in [-0.05, 0) is 142 Å². The fourth-order valence-corrected chi connectivity index (χ4v) is 11.7. The molecule has 0 bridgehead atoms. The Kier molecular flexibility index (Phi) is 12.8. The van der Waals surface area contributed by atoms with Gasteiger partial charge in [0.15, 0.2) is 0 Å². The number of rotatable bonds is 10. The Morgan fingerprint density at radius 3 is 2.24 bits per heavy atom. The minimum atomic E-state index is -0.713. The number of imidazole rings is 1. The van der Waals surface area contributed by atoms with Gasteiger partial charge in [-0.2, -0.15) is 0 Å². The number of aliphatic imine (C=N–C) groups is 1. The van der Waals surface area contributed by atoms with E-state index in [-0.39, 0.29) is 60.0 Å². The molecule has 15 heteroatoms. The van der Waals surface area contributed by atoms with Crippen LogP contribution >= 0.6 is 0 Å². The first-order valence-corrected chi connectivity index (χ1v) is 24.0. The van der Waals surface area contributed by atoms with Crippen LogP contribution in [0, 0.1) is 11.8 Å². The van der Waals surface area contributed by atoms with Gasteiger partial charge in [-0.1, -0.05) is 32.4 Å². The van der Waals surface area contributed by atoms with Crippen LogP contribution in [0.5, 0.6) is 5.75 Å². The molecule has 15 nitrogen and oxygen atoms in total. The molecule has 3 saturated heterocycles. The van der Waals surface area contributed by atoms with E-state index in [2.05, 4.69) is 52.9 Å². The second-order valence-corrected chi connectivity index (χ2v) is 19.5. The Morgan fingerprint density at radius 2 is 1.53 bits per heavy atom. The molecule has 66 heavy (non-hydrogen) atoms. The van der Waals surface area contributed by atoms with Gasteiger partial charge in [0, 0.05) is 35.5 Å². The number of benzene rings is 2. The topological polar surface area (TPSA) is 177 Å². The van der Waals surface area contributed by atoms with E-state index in [4.69, 9.17) is 28.9 Å². The number of amides is 4. The lowest BCUT2D eigenvalue weighted by Gasteiger charge is -2.39. The second-order valence-electron chi connectivity index (χ2n) is 19.5. The van der Waals surface area contributed by atoms with E-state index in [0.29, 0.717) is 25.9 Å². The van der Waals surface area contributed by atoms with Crippen LogP contribution in [-0.4, -0.2) is 106 Å². The van der Waals surface area contributed by atoms with Gasteiger partial charge in [-0.25, -0.2) is 14.6 Å². The number of aromatic amines is 1. The number of carbonyl (C=O) groups is 4. The standard InChI is InChI=1S/C51H65N7O8/c1-9-26(2)45(55-50(61)63-7)48(59)58-28(4)11-17-43(58)47-52-24-41(54-47)32-12-14-35-34(20-32)25-65-44-23-36-31(21-38(35)44)13-15-39-37(36)22-40(53-39)42-16-10-27(3)57(42)49(60)46(56-51(62)64-8)33-18-29(5)66-30(6)19-33/h12,14,20-21,23-24,26-30,33,42-43,45-46H,9-11,13,15-19,22,25H2,1-8H3,(H,52,54)(H,55,61)(H,56,62)/t26-,27-,28-,29+,30+,42-,43-,45-,46-/m0/s1. The molecule has 3 N–H and O–H groups in total. The van der Waals surface area contributed by atoms with Crippen LogP contribution in [0.15, 0.2) is 47.2 Å². The number of ether oxygens (including phenoxy) is 4. The van der Waals surface area contributed by atoms with Crippen molar-refractivity contribution in [1.82, 2.24) is 30.4 Å². The molecule has 2 aromatic carbocycles. The molecular formula is C51H65N7O8. The van der Waals surface area contributed by atoms with Crippen LogP contribution in [0.4, 0.5) is 9.59 Å². The summed E-state index contributed by atoms with van der Waals surface area (Å²) in [6.07, 6.45) is 8.30. The third-order valence-corrected chi connectivity index (χ3v) is 15.2. The van der Waals surface area contributed by atoms with Crippen molar-refractivity contribution >= 4 is 35.3 Å². The SMILES string of the molecule is CC[C@H](C)[C@H](NC(=O)OC)C(=O)N1[C@@H](C)CC[C@H]1c1ncc(-c2ccc3c(c2)COc2cc4c(cc2-3)CCC2=C4CC([C@@H]3CC[C@H](C)N3C(=O)[C@@H](NC(=O)OC)C3C[C@@H](C)O[C@H](C)C3)=N2)[nH]1. The molecule has 0 spiro atoms. The minimum Gasteiger partial charge on any atom is -0.488 e. The number of carbonyl (C=O) groups excluding carboxylic acids is 4. The van der Waals surface area contributed by atoms with Gasteiger partial charge in [-0.15, -0.1) is 0 Å². The van der Waals surface area contributed by atoms with Crippen molar-refractivity contribution in [1.29, 1.82) is 0 Å². The highest BCUT2D eigenvalue weighted by Gasteiger charge is 2.46. The molecule has 1 aromatic heterocycles. The van der Waals surface area contributed by atoms with Crippen molar-refractivity contribution in [3.63, 3.8) is 0 Å². The molecule has 9 atom stereocenters. The molecule has 352 valence electrons. The van der Waals surface area contributed by atoms with Crippen molar-refractivity contribution in [2.45, 2.75) is 161 Å². The van der Waals surface area contributed by atoms with Gasteiger partial charge in [0.05, 0.1) is 50.4 Å². The van der Waals surface area contributed by atoms with Crippen LogP contribution in [0.1, 0.15) is 128 Å². The normalized spacial score (nSPS) is 26.8. The summed E-state index contributed by atoms with van der Waals surface area (Å²) in [4.78, 5) is 71.1. The third kappa shape index (κ3) is 8.47. The predicted octanol–water partition coefficient (Wildman–Crippen LogP) is 8.27. The summed E-state index contributed by atoms with van der Waals surface area (Å²) in [5, 5.41) is 5.71. The molecule has 5 aliphatic heterocycles. The van der Waals surface area contributed by atoms with Gasteiger partial charge in [0.25, 0.3) is 0 Å². The van der Waals surface area contributed by atoms with Crippen LogP contribution in [-0.2, 0) is 36.8 Å². The molecule has 6 aliphatic rings. The number of aromatic nitrogens is 2. The van der Waals surface area contributed by atoms with Crippen LogP contribution in [0.25, 0.3) is 28.0 Å². The molecular weight excluding hydrogens is 839 g/mol. The Balaban J connectivity index is 0.914. The highest BCUT2D eigenvalue weighted by molar-refractivity contribution is 6.06. The summed E-state index contributed by atoms with van der Waals surface area (Å²) in [7, 11) is 2.64. The van der Waals surface area contributed by atoms with Crippen molar-refractivity contribution < 1.29 is 38.1 Å². The van der Waals surface area contributed by atoms with E-state index in [9.17, 15) is 19.2 Å². The highest BCUT2D eigenvalue weighted by atomic mass is 16.5. The molecule has 6 heterocycles. The first-order chi connectivity index (χ1) is 31.8. The number of nitrogens with zero attached hydrogens (tertiary/aromatic N) is 4. The number of allylic oxidation sites excluding steroid dienone is 2. The predicted molar refractivity (Wildman–Crippen MR) is 250 cm³/mol. The zero-order valence-corrected chi connectivity index (χ0v) is 39.6. The molecule has 4 amide bonds. The van der Waals surface area contributed by atoms with Crippen LogP contribution in [0.3, 0.4) is 0 Å². The van der Waals surface area contributed by atoms with Crippen LogP contribution < -0.4 is 15.4 Å². The third-order valence-electron chi connectivity index (χ3n) is 15.2. The van der Waals surface area contributed by atoms with Gasteiger partial charge in [-0.3, -0.25) is 14.6 Å². The van der Waals surface area contributed by atoms with Gasteiger partial charge in [0.2, 0.25) is 11.8 Å². The summed E-state index contributed by atoms with van der Waals surface area (Å²) >= 11 is 0. The number of hydrogen-bond donors (Lipinski definition) is 3. The van der Waals surface area contributed by atoms with E-state index in [1.165, 1.54) is 30.9 Å². The molecule has 1 aliphatic carbocycles. The lowest BCUT2D eigenvalue weighted by Crippen LogP contribution is -2.57. The second kappa shape index (κ2) is 18.5. The quantitative estimate of drug-likeness (QED) is 0.181. The van der Waals surface area contributed by atoms with Crippen molar-refractivity contribution in [3.8, 4) is 28.1 Å². The van der Waals surface area contributed by atoms with E-state index in [1.807, 2.05) is 50.6 Å². The average molecular weight is 904 g/mol. The molecule has 3 aromatic rings. The number of likely N-dealkylation sites (tertiary alicyclic amines) is 2. The van der Waals surface area contributed by atoms with Crippen LogP contribution in [0.2, 0.25) is 0 Å². The highest BCUT2D eigenvalue weighted by Crippen LogP contribution is 2.48. The maximum atomic E-state index is 14.6. The fourth-order valence-electron chi connectivity index (χ4n) is 11.7. The maximum absolute atomic E-state index is 14.6. The first kappa shape index (κ1) is 45.5. The maximum Gasteiger partial charge on any atom is 0.407 e. The Hall–Kier alpha value is -5.70. The summed E-state index contributed by atoms with van der Waals surface area (Å²) in [5.41, 5.74) is 10.9. The van der Waals surface area contributed by atoms with Crippen molar-refractivity contribution in [3.05, 3.63) is 64.7 Å². The van der Waals surface area contributed by atoms with Crippen molar-refractivity contribution in [2.75, 3.05) is 14.2 Å². The monoisotopic (exact) mass is 903 g/mol. The molecule has 0 saturated carbocycles. The fraction of sp³-hybridized carbons (Fsp3) is 0.569. The van der Waals surface area contributed by atoms with Gasteiger partial charge >= 0.3 is 12.2 Å².